The molecule has 0 spiro atoms. The molecule has 0 saturated heterocycles. The molecule has 3 rings (SSSR count). The zero-order valence-electron chi connectivity index (χ0n) is 15.8. The van der Waals surface area contributed by atoms with Crippen LogP contribution in [0.25, 0.3) is 0 Å². The monoisotopic (exact) mass is 416 g/mol. The molecule has 1 heterocycles. The quantitative estimate of drug-likeness (QED) is 0.438. The van der Waals surface area contributed by atoms with E-state index >= 15 is 0 Å². The number of benzene rings is 2. The minimum absolute atomic E-state index is 0.0527. The van der Waals surface area contributed by atoms with Gasteiger partial charge in [0.2, 0.25) is 11.7 Å². The number of aromatic nitrogens is 2. The maximum atomic E-state index is 13.1. The molecule has 7 heteroatoms. The third-order valence-electron chi connectivity index (χ3n) is 4.45. The van der Waals surface area contributed by atoms with Crippen molar-refractivity contribution < 1.29 is 14.3 Å². The Labute approximate surface area is 172 Å². The van der Waals surface area contributed by atoms with Gasteiger partial charge in [-0.2, -0.15) is 5.10 Å². The van der Waals surface area contributed by atoms with Crippen molar-refractivity contribution in [3.05, 3.63) is 80.0 Å². The molecule has 0 unspecified atom stereocenters. The molecular weight excluding hydrogens is 399 g/mol. The number of hydrogen-bond acceptors (Lipinski definition) is 4. The number of hydrogen-bond donors (Lipinski definition) is 0. The summed E-state index contributed by atoms with van der Waals surface area (Å²) in [7, 11) is 1.59. The molecule has 0 N–H and O–H groups in total. The highest BCUT2D eigenvalue weighted by atomic mass is 35.5. The molecule has 0 aliphatic heterocycles. The summed E-state index contributed by atoms with van der Waals surface area (Å²) in [6.45, 7) is 5.47. The first-order chi connectivity index (χ1) is 13.2. The summed E-state index contributed by atoms with van der Waals surface area (Å²) >= 11 is 12.6. The lowest BCUT2D eigenvalue weighted by Gasteiger charge is -2.11. The van der Waals surface area contributed by atoms with E-state index in [0.717, 1.165) is 11.1 Å². The van der Waals surface area contributed by atoms with Crippen LogP contribution in [0.3, 0.4) is 0 Å². The number of ketones is 1. The van der Waals surface area contributed by atoms with Gasteiger partial charge in [0.25, 0.3) is 0 Å². The van der Waals surface area contributed by atoms with E-state index in [2.05, 4.69) is 5.10 Å². The van der Waals surface area contributed by atoms with Crippen molar-refractivity contribution in [1.29, 1.82) is 0 Å². The number of rotatable bonds is 4. The van der Waals surface area contributed by atoms with E-state index < -0.39 is 11.8 Å². The van der Waals surface area contributed by atoms with Gasteiger partial charge in [-0.05, 0) is 50.1 Å². The number of aryl methyl sites for hydroxylation is 3. The van der Waals surface area contributed by atoms with Gasteiger partial charge in [0, 0.05) is 17.6 Å². The fourth-order valence-corrected chi connectivity index (χ4v) is 3.22. The van der Waals surface area contributed by atoms with Crippen LogP contribution in [0, 0.1) is 20.8 Å². The molecule has 0 bridgehead atoms. The Bertz CT molecular complexity index is 1090. The van der Waals surface area contributed by atoms with Crippen LogP contribution in [-0.2, 0) is 7.05 Å². The van der Waals surface area contributed by atoms with E-state index in [0.29, 0.717) is 16.1 Å². The molecule has 144 valence electrons. The van der Waals surface area contributed by atoms with Gasteiger partial charge in [0.1, 0.15) is 5.56 Å². The second kappa shape index (κ2) is 7.78. The standard InChI is InChI=1S/C21H18Cl2N2O3/c1-11-5-7-14(8-6-11)21(27)28-20-16(10-24-25(20)4)19(26)15-9-12(2)17(22)13(3)18(15)23/h5-10H,1-4H3. The number of ether oxygens (including phenoxy) is 1. The molecule has 0 fully saturated rings. The van der Waals surface area contributed by atoms with Crippen LogP contribution in [-0.4, -0.2) is 21.5 Å². The lowest BCUT2D eigenvalue weighted by atomic mass is 10.0. The number of carbonyl (C=O) groups excluding carboxylic acids is 2. The summed E-state index contributed by atoms with van der Waals surface area (Å²) in [4.78, 5) is 25.6. The van der Waals surface area contributed by atoms with Gasteiger partial charge in [-0.1, -0.05) is 40.9 Å². The molecule has 0 radical (unpaired) electrons. The molecule has 0 atom stereocenters. The van der Waals surface area contributed by atoms with Crippen LogP contribution >= 0.6 is 23.2 Å². The first-order valence-corrected chi connectivity index (χ1v) is 9.27. The van der Waals surface area contributed by atoms with Crippen molar-refractivity contribution >= 4 is 35.0 Å². The van der Waals surface area contributed by atoms with Crippen molar-refractivity contribution in [1.82, 2.24) is 9.78 Å². The molecule has 0 aliphatic carbocycles. The van der Waals surface area contributed by atoms with Crippen LogP contribution in [0.2, 0.25) is 10.0 Å². The molecule has 0 saturated carbocycles. The number of halogens is 2. The Balaban J connectivity index is 1.98. The highest BCUT2D eigenvalue weighted by Gasteiger charge is 2.25. The van der Waals surface area contributed by atoms with Gasteiger partial charge in [0.05, 0.1) is 16.8 Å². The first-order valence-electron chi connectivity index (χ1n) is 8.51. The molecule has 28 heavy (non-hydrogen) atoms. The van der Waals surface area contributed by atoms with Gasteiger partial charge in [-0.15, -0.1) is 0 Å². The molecular formula is C21H18Cl2N2O3. The molecule has 5 nitrogen and oxygen atoms in total. The number of carbonyl (C=O) groups is 2. The van der Waals surface area contributed by atoms with Gasteiger partial charge >= 0.3 is 5.97 Å². The zero-order chi connectivity index (χ0) is 20.6. The number of nitrogens with zero attached hydrogens (tertiary/aromatic N) is 2. The summed E-state index contributed by atoms with van der Waals surface area (Å²) < 4.78 is 6.82. The smallest absolute Gasteiger partial charge is 0.344 e. The normalized spacial score (nSPS) is 10.8. The highest BCUT2D eigenvalue weighted by Crippen LogP contribution is 2.33. The van der Waals surface area contributed by atoms with Crippen LogP contribution in [0.15, 0.2) is 36.5 Å². The summed E-state index contributed by atoms with van der Waals surface area (Å²) in [5, 5.41) is 4.84. The third-order valence-corrected chi connectivity index (χ3v) is 5.52. The largest absolute Gasteiger partial charge is 0.403 e. The van der Waals surface area contributed by atoms with Crippen molar-refractivity contribution in [3.8, 4) is 5.88 Å². The van der Waals surface area contributed by atoms with E-state index in [1.165, 1.54) is 10.9 Å². The lowest BCUT2D eigenvalue weighted by Crippen LogP contribution is -2.14. The Morgan fingerprint density at radius 1 is 1.00 bits per heavy atom. The fraction of sp³-hybridized carbons (Fsp3) is 0.190. The van der Waals surface area contributed by atoms with Crippen molar-refractivity contribution in [2.45, 2.75) is 20.8 Å². The lowest BCUT2D eigenvalue weighted by molar-refractivity contribution is 0.0718. The Morgan fingerprint density at radius 2 is 1.64 bits per heavy atom. The van der Waals surface area contributed by atoms with Crippen LogP contribution < -0.4 is 4.74 Å². The summed E-state index contributed by atoms with van der Waals surface area (Å²) in [5.74, 6) is -0.920. The molecule has 3 aromatic rings. The summed E-state index contributed by atoms with van der Waals surface area (Å²) in [5.41, 5.74) is 3.17. The topological polar surface area (TPSA) is 61.2 Å². The predicted molar refractivity (Wildman–Crippen MR) is 109 cm³/mol. The molecule has 2 aromatic carbocycles. The minimum Gasteiger partial charge on any atom is -0.403 e. The van der Waals surface area contributed by atoms with Crippen LogP contribution in [0.1, 0.15) is 43.0 Å². The van der Waals surface area contributed by atoms with Gasteiger partial charge in [-0.25, -0.2) is 9.48 Å². The van der Waals surface area contributed by atoms with E-state index in [1.807, 2.05) is 19.1 Å². The fourth-order valence-electron chi connectivity index (χ4n) is 2.79. The van der Waals surface area contributed by atoms with E-state index in [9.17, 15) is 9.59 Å². The Hall–Kier alpha value is -2.63. The van der Waals surface area contributed by atoms with Crippen molar-refractivity contribution in [2.24, 2.45) is 7.05 Å². The maximum absolute atomic E-state index is 13.1. The summed E-state index contributed by atoms with van der Waals surface area (Å²) in [6.07, 6.45) is 1.36. The Kier molecular flexibility index (Phi) is 5.59. The van der Waals surface area contributed by atoms with Crippen molar-refractivity contribution in [3.63, 3.8) is 0 Å². The second-order valence-electron chi connectivity index (χ2n) is 6.57. The maximum Gasteiger partial charge on any atom is 0.344 e. The second-order valence-corrected chi connectivity index (χ2v) is 7.32. The van der Waals surface area contributed by atoms with Gasteiger partial charge < -0.3 is 4.74 Å². The Morgan fingerprint density at radius 3 is 2.29 bits per heavy atom. The predicted octanol–water partition coefficient (Wildman–Crippen LogP) is 5.10. The molecule has 0 amide bonds. The number of esters is 1. The van der Waals surface area contributed by atoms with Crippen molar-refractivity contribution in [2.75, 3.05) is 0 Å². The summed E-state index contributed by atoms with van der Waals surface area (Å²) in [6, 6.07) is 8.57. The third kappa shape index (κ3) is 3.68. The first kappa shape index (κ1) is 20.1. The van der Waals surface area contributed by atoms with Crippen LogP contribution in [0.4, 0.5) is 0 Å². The van der Waals surface area contributed by atoms with Gasteiger partial charge in [0.15, 0.2) is 0 Å². The minimum atomic E-state index is -0.577. The van der Waals surface area contributed by atoms with Crippen LogP contribution in [0.5, 0.6) is 5.88 Å². The van der Waals surface area contributed by atoms with Gasteiger partial charge in [-0.3, -0.25) is 4.79 Å². The average Bonchev–Trinajstić information content (AvgIpc) is 3.03. The molecule has 0 aliphatic rings. The SMILES string of the molecule is Cc1ccc(C(=O)Oc2c(C(=O)c3cc(C)c(Cl)c(C)c3Cl)cnn2C)cc1. The van der Waals surface area contributed by atoms with E-state index in [4.69, 9.17) is 27.9 Å². The zero-order valence-corrected chi connectivity index (χ0v) is 17.4. The van der Waals surface area contributed by atoms with E-state index in [-0.39, 0.29) is 22.0 Å². The highest BCUT2D eigenvalue weighted by molar-refractivity contribution is 6.39. The molecule has 1 aromatic heterocycles. The van der Waals surface area contributed by atoms with E-state index in [1.54, 1.807) is 39.1 Å². The average molecular weight is 417 g/mol.